The Morgan fingerprint density at radius 3 is 2.23 bits per heavy atom. The Bertz CT molecular complexity index is 788. The van der Waals surface area contributed by atoms with Crippen molar-refractivity contribution in [1.82, 2.24) is 10.6 Å². The molecule has 0 amide bonds. The smallest absolute Gasteiger partial charge is 0.189 e. The van der Waals surface area contributed by atoms with Crippen molar-refractivity contribution in [2.24, 2.45) is 22.9 Å². The minimum Gasteiger partial charge on any atom is -0.394 e. The van der Waals surface area contributed by atoms with Crippen molar-refractivity contribution in [2.75, 3.05) is 26.7 Å². The molecule has 0 spiro atoms. The van der Waals surface area contributed by atoms with Gasteiger partial charge >= 0.3 is 0 Å². The Morgan fingerprint density at radius 1 is 0.800 bits per heavy atom. The van der Waals surface area contributed by atoms with E-state index in [9.17, 15) is 25.5 Å². The molecule has 3 heterocycles. The monoisotopic (exact) mass is 580 g/mol. The van der Waals surface area contributed by atoms with E-state index in [2.05, 4.69) is 10.6 Å². The minimum absolute atomic E-state index is 0.241. The van der Waals surface area contributed by atoms with Gasteiger partial charge in [-0.15, -0.1) is 0 Å². The molecule has 9 unspecified atom stereocenters. The summed E-state index contributed by atoms with van der Waals surface area (Å²) in [6.07, 6.45) is -9.48. The van der Waals surface area contributed by atoms with Gasteiger partial charge in [0.2, 0.25) is 0 Å². The van der Waals surface area contributed by atoms with E-state index < -0.39 is 105 Å². The molecular weight excluding hydrogens is 532 g/mol. The molecule has 0 radical (unpaired) electrons. The summed E-state index contributed by atoms with van der Waals surface area (Å²) in [6.45, 7) is 0.469. The molecule has 15 N–H and O–H groups in total. The van der Waals surface area contributed by atoms with Crippen LogP contribution in [0.2, 0.25) is 0 Å². The highest BCUT2D eigenvalue weighted by Crippen LogP contribution is 2.35. The fourth-order valence-electron chi connectivity index (χ4n) is 5.96. The van der Waals surface area contributed by atoms with Gasteiger partial charge in [0.05, 0.1) is 43.0 Å². The first-order chi connectivity index (χ1) is 19.1. The lowest BCUT2D eigenvalue weighted by Crippen LogP contribution is -2.70. The molecule has 3 saturated heterocycles. The van der Waals surface area contributed by atoms with Crippen LogP contribution in [0, 0.1) is 0 Å². The molecule has 1 saturated carbocycles. The summed E-state index contributed by atoms with van der Waals surface area (Å²) < 4.78 is 30.0. The first-order valence-corrected chi connectivity index (χ1v) is 14.1. The number of aliphatic hydroxyl groups is 5. The number of nitrogens with one attached hydrogen (secondary N) is 2. The van der Waals surface area contributed by atoms with Gasteiger partial charge in [0.1, 0.15) is 30.5 Å². The van der Waals surface area contributed by atoms with Gasteiger partial charge < -0.3 is 82.8 Å². The molecule has 0 aromatic rings. The second-order valence-corrected chi connectivity index (χ2v) is 11.2. The van der Waals surface area contributed by atoms with E-state index in [-0.39, 0.29) is 12.8 Å². The summed E-state index contributed by atoms with van der Waals surface area (Å²) in [5.41, 5.74) is 24.0. The number of aliphatic hydroxyl groups excluding tert-OH is 5. The van der Waals surface area contributed by atoms with E-state index in [1.54, 1.807) is 7.05 Å². The van der Waals surface area contributed by atoms with Crippen molar-refractivity contribution in [3.63, 3.8) is 0 Å². The average Bonchev–Trinajstić information content (AvgIpc) is 2.92. The van der Waals surface area contributed by atoms with Gasteiger partial charge in [0.25, 0.3) is 0 Å². The quantitative estimate of drug-likeness (QED) is 0.107. The van der Waals surface area contributed by atoms with E-state index in [0.29, 0.717) is 25.9 Å². The molecule has 0 aromatic carbocycles. The third kappa shape index (κ3) is 6.94. The Kier molecular flexibility index (Phi) is 11.5. The van der Waals surface area contributed by atoms with E-state index in [0.717, 1.165) is 0 Å². The van der Waals surface area contributed by atoms with Crippen molar-refractivity contribution in [3.05, 3.63) is 0 Å². The minimum atomic E-state index is -1.47. The van der Waals surface area contributed by atoms with Crippen molar-refractivity contribution in [2.45, 2.75) is 124 Å². The SMILES string of the molecule is CNC1C(O[C@H]2OC(CO)[C@@H](NCCCN)[C@H](O)C2O)O[C@H]2CC(N)[C@@H](O[C@H]3CC(O)[C@H](N)CC3N)OC2C1O. The standard InChI is InChI=1S/C24H48N6O10/c1-29-17-19(34)21-14(6-11(28)22(39-21)36-13-7-12(32)9(26)5-10(13)27)37-23(17)40-24-20(35)18(33)16(15(8-31)38-24)30-4-2-3-25/h9-24,29-35H,2-8,25-28H2,1H3/t9-,10?,11?,12?,13+,14+,15?,16-,17?,18+,19?,20?,21?,22+,23?,24-/m1/s1. The highest BCUT2D eigenvalue weighted by Gasteiger charge is 2.53. The Balaban J connectivity index is 1.39. The van der Waals surface area contributed by atoms with Crippen molar-refractivity contribution in [1.29, 1.82) is 0 Å². The van der Waals surface area contributed by atoms with Gasteiger partial charge in [-0.1, -0.05) is 0 Å². The summed E-state index contributed by atoms with van der Waals surface area (Å²) >= 11 is 0. The zero-order valence-electron chi connectivity index (χ0n) is 22.8. The Morgan fingerprint density at radius 2 is 1.55 bits per heavy atom. The average molecular weight is 581 g/mol. The lowest BCUT2D eigenvalue weighted by Gasteiger charge is -2.51. The van der Waals surface area contributed by atoms with E-state index >= 15 is 0 Å². The summed E-state index contributed by atoms with van der Waals surface area (Å²) in [7, 11) is 1.60. The summed E-state index contributed by atoms with van der Waals surface area (Å²) in [6, 6.07) is -3.05. The number of fused-ring (bicyclic) bond motifs is 1. The van der Waals surface area contributed by atoms with Gasteiger partial charge in [-0.2, -0.15) is 0 Å². The molecular formula is C24H48N6O10. The van der Waals surface area contributed by atoms with E-state index in [1.807, 2.05) is 0 Å². The van der Waals surface area contributed by atoms with Crippen LogP contribution in [0.25, 0.3) is 0 Å². The number of likely N-dealkylation sites (N-methyl/N-ethyl adjacent to an activating group) is 1. The van der Waals surface area contributed by atoms with Gasteiger partial charge in [0.15, 0.2) is 18.9 Å². The molecule has 4 fully saturated rings. The zero-order valence-corrected chi connectivity index (χ0v) is 22.8. The van der Waals surface area contributed by atoms with Crippen LogP contribution in [0.4, 0.5) is 0 Å². The topological polar surface area (TPSA) is 275 Å². The molecule has 40 heavy (non-hydrogen) atoms. The first kappa shape index (κ1) is 32.3. The third-order valence-electron chi connectivity index (χ3n) is 8.37. The lowest BCUT2D eigenvalue weighted by molar-refractivity contribution is -0.372. The summed E-state index contributed by atoms with van der Waals surface area (Å²) in [5.74, 6) is 0. The number of ether oxygens (including phenoxy) is 5. The molecule has 16 heteroatoms. The molecule has 234 valence electrons. The summed E-state index contributed by atoms with van der Waals surface area (Å²) in [5, 5.41) is 58.8. The maximum absolute atomic E-state index is 11.2. The molecule has 16 atom stereocenters. The van der Waals surface area contributed by atoms with Gasteiger partial charge in [0, 0.05) is 18.5 Å². The van der Waals surface area contributed by atoms with Crippen molar-refractivity contribution >= 4 is 0 Å². The highest BCUT2D eigenvalue weighted by molar-refractivity contribution is 5.00. The number of hydrogen-bond donors (Lipinski definition) is 11. The Labute approximate surface area is 233 Å². The number of nitrogens with two attached hydrogens (primary N) is 4. The van der Waals surface area contributed by atoms with Crippen LogP contribution in [0.3, 0.4) is 0 Å². The van der Waals surface area contributed by atoms with Crippen LogP contribution in [-0.4, -0.2) is 150 Å². The first-order valence-electron chi connectivity index (χ1n) is 14.1. The molecule has 1 aliphatic carbocycles. The van der Waals surface area contributed by atoms with E-state index in [1.165, 1.54) is 0 Å². The van der Waals surface area contributed by atoms with Crippen LogP contribution in [0.5, 0.6) is 0 Å². The maximum Gasteiger partial charge on any atom is 0.189 e. The largest absolute Gasteiger partial charge is 0.394 e. The second-order valence-electron chi connectivity index (χ2n) is 11.2. The van der Waals surface area contributed by atoms with Crippen LogP contribution >= 0.6 is 0 Å². The van der Waals surface area contributed by atoms with Crippen LogP contribution in [-0.2, 0) is 23.7 Å². The van der Waals surface area contributed by atoms with Crippen molar-refractivity contribution in [3.8, 4) is 0 Å². The lowest BCUT2D eigenvalue weighted by atomic mass is 9.87. The van der Waals surface area contributed by atoms with Crippen LogP contribution < -0.4 is 33.6 Å². The van der Waals surface area contributed by atoms with Gasteiger partial charge in [-0.3, -0.25) is 0 Å². The zero-order chi connectivity index (χ0) is 29.1. The molecule has 0 bridgehead atoms. The summed E-state index contributed by atoms with van der Waals surface area (Å²) in [4.78, 5) is 0. The van der Waals surface area contributed by atoms with Crippen LogP contribution in [0.1, 0.15) is 25.7 Å². The highest BCUT2D eigenvalue weighted by atomic mass is 16.8. The maximum atomic E-state index is 11.2. The third-order valence-corrected chi connectivity index (χ3v) is 8.37. The molecule has 4 aliphatic rings. The molecule has 0 aromatic heterocycles. The molecule has 4 rings (SSSR count). The van der Waals surface area contributed by atoms with Gasteiger partial charge in [-0.05, 0) is 39.4 Å². The van der Waals surface area contributed by atoms with Gasteiger partial charge in [-0.25, -0.2) is 0 Å². The normalized spacial score (nSPS) is 50.0. The molecule has 16 nitrogen and oxygen atoms in total. The Hall–Kier alpha value is -0.640. The predicted octanol–water partition coefficient (Wildman–Crippen LogP) is -5.94. The second kappa shape index (κ2) is 14.2. The fraction of sp³-hybridized carbons (Fsp3) is 1.00. The van der Waals surface area contributed by atoms with E-state index in [4.69, 9.17) is 46.6 Å². The number of hydrogen-bond acceptors (Lipinski definition) is 16. The fourth-order valence-corrected chi connectivity index (χ4v) is 5.96. The van der Waals surface area contributed by atoms with Crippen LogP contribution in [0.15, 0.2) is 0 Å². The molecule has 3 aliphatic heterocycles. The number of rotatable bonds is 10. The van der Waals surface area contributed by atoms with Crippen molar-refractivity contribution < 1.29 is 49.2 Å². The predicted molar refractivity (Wildman–Crippen MR) is 139 cm³/mol.